The molecule has 1 aromatic rings. The third kappa shape index (κ3) is 4.34. The Labute approximate surface area is 107 Å². The van der Waals surface area contributed by atoms with Crippen LogP contribution in [-0.2, 0) is 0 Å². The molecule has 1 atom stereocenters. The van der Waals surface area contributed by atoms with E-state index in [4.69, 9.17) is 5.73 Å². The zero-order chi connectivity index (χ0) is 13.2. The molecule has 0 fully saturated rings. The molecule has 1 rings (SSSR count). The van der Waals surface area contributed by atoms with Crippen LogP contribution in [0.5, 0.6) is 0 Å². The summed E-state index contributed by atoms with van der Waals surface area (Å²) < 4.78 is 0. The number of hydrogen-bond donors (Lipinski definition) is 2. The van der Waals surface area contributed by atoms with Crippen molar-refractivity contribution in [2.45, 2.75) is 53.1 Å². The van der Waals surface area contributed by atoms with Crippen LogP contribution in [0, 0.1) is 13.8 Å². The molecule has 0 aliphatic heterocycles. The molecule has 0 bridgehead atoms. The lowest BCUT2D eigenvalue weighted by molar-refractivity contribution is 0.507. The van der Waals surface area contributed by atoms with Gasteiger partial charge in [-0.1, -0.05) is 0 Å². The van der Waals surface area contributed by atoms with Crippen LogP contribution < -0.4 is 11.1 Å². The molecule has 0 saturated carbocycles. The van der Waals surface area contributed by atoms with Gasteiger partial charge in [-0.05, 0) is 41.5 Å². The predicted octanol–water partition coefficient (Wildman–Crippen LogP) is 2.52. The molecule has 0 aliphatic carbocycles. The van der Waals surface area contributed by atoms with Crippen LogP contribution >= 0.6 is 11.3 Å². The van der Waals surface area contributed by atoms with Gasteiger partial charge in [0.25, 0.3) is 0 Å². The largest absolute Gasteiger partial charge is 0.370 e. The van der Waals surface area contributed by atoms with Crippen molar-refractivity contribution in [2.75, 3.05) is 0 Å². The van der Waals surface area contributed by atoms with Crippen molar-refractivity contribution in [1.29, 1.82) is 0 Å². The smallest absolute Gasteiger partial charge is 0.189 e. The van der Waals surface area contributed by atoms with Crippen molar-refractivity contribution in [3.05, 3.63) is 15.6 Å². The van der Waals surface area contributed by atoms with Gasteiger partial charge in [-0.3, -0.25) is 0 Å². The van der Waals surface area contributed by atoms with Crippen molar-refractivity contribution in [2.24, 2.45) is 10.7 Å². The number of guanidine groups is 1. The third-order valence-electron chi connectivity index (χ3n) is 2.15. The first kappa shape index (κ1) is 14.0. The number of nitrogens with one attached hydrogen (secondary N) is 1. The second kappa shape index (κ2) is 5.04. The summed E-state index contributed by atoms with van der Waals surface area (Å²) in [6.45, 7) is 12.2. The minimum Gasteiger partial charge on any atom is -0.370 e. The average Bonchev–Trinajstić information content (AvgIpc) is 2.41. The van der Waals surface area contributed by atoms with Crippen LogP contribution in [0.1, 0.15) is 49.3 Å². The molecule has 0 radical (unpaired) electrons. The molecule has 4 nitrogen and oxygen atoms in total. The van der Waals surface area contributed by atoms with E-state index in [1.807, 2.05) is 20.8 Å². The minimum atomic E-state index is -0.0635. The van der Waals surface area contributed by atoms with Crippen LogP contribution in [0.25, 0.3) is 0 Å². The van der Waals surface area contributed by atoms with E-state index in [2.05, 4.69) is 36.1 Å². The number of thiazole rings is 1. The fourth-order valence-corrected chi connectivity index (χ4v) is 2.54. The number of nitrogens with two attached hydrogens (primary N) is 1. The molecule has 0 saturated heterocycles. The summed E-state index contributed by atoms with van der Waals surface area (Å²) in [6, 6.07) is 0.0519. The van der Waals surface area contributed by atoms with Gasteiger partial charge in [0.15, 0.2) is 5.96 Å². The lowest BCUT2D eigenvalue weighted by Gasteiger charge is -2.21. The Bertz CT molecular complexity index is 415. The summed E-state index contributed by atoms with van der Waals surface area (Å²) in [4.78, 5) is 10.0. The molecule has 1 unspecified atom stereocenters. The Kier molecular flexibility index (Phi) is 4.14. The summed E-state index contributed by atoms with van der Waals surface area (Å²) in [5.74, 6) is 0.482. The molecular formula is C12H22N4S. The van der Waals surface area contributed by atoms with E-state index in [0.29, 0.717) is 5.96 Å². The maximum atomic E-state index is 5.88. The average molecular weight is 254 g/mol. The van der Waals surface area contributed by atoms with Crippen molar-refractivity contribution < 1.29 is 0 Å². The summed E-state index contributed by atoms with van der Waals surface area (Å²) >= 11 is 1.68. The fourth-order valence-electron chi connectivity index (χ4n) is 1.62. The quantitative estimate of drug-likeness (QED) is 0.629. The number of aliphatic imine (C=N–C) groups is 1. The first-order chi connectivity index (χ1) is 7.69. The molecule has 17 heavy (non-hydrogen) atoms. The van der Waals surface area contributed by atoms with Gasteiger partial charge in [-0.15, -0.1) is 11.3 Å². The van der Waals surface area contributed by atoms with Gasteiger partial charge in [0, 0.05) is 5.54 Å². The lowest BCUT2D eigenvalue weighted by atomic mass is 10.1. The summed E-state index contributed by atoms with van der Waals surface area (Å²) in [7, 11) is 0. The Morgan fingerprint density at radius 1 is 1.41 bits per heavy atom. The van der Waals surface area contributed by atoms with E-state index in [-0.39, 0.29) is 11.6 Å². The van der Waals surface area contributed by atoms with Gasteiger partial charge >= 0.3 is 0 Å². The minimum absolute atomic E-state index is 0.0519. The topological polar surface area (TPSA) is 63.3 Å². The van der Waals surface area contributed by atoms with Crippen LogP contribution in [-0.4, -0.2) is 16.5 Å². The highest BCUT2D eigenvalue weighted by Gasteiger charge is 2.14. The molecule has 1 heterocycles. The summed E-state index contributed by atoms with van der Waals surface area (Å²) in [5, 5.41) is 4.23. The summed E-state index contributed by atoms with van der Waals surface area (Å²) in [6.07, 6.45) is 0. The molecule has 1 aromatic heterocycles. The number of rotatable bonds is 2. The van der Waals surface area contributed by atoms with Gasteiger partial charge in [0.2, 0.25) is 0 Å². The maximum Gasteiger partial charge on any atom is 0.189 e. The van der Waals surface area contributed by atoms with Gasteiger partial charge < -0.3 is 11.1 Å². The molecule has 96 valence electrons. The first-order valence-electron chi connectivity index (χ1n) is 5.74. The normalized spacial score (nSPS) is 14.8. The number of aryl methyl sites for hydroxylation is 2. The van der Waals surface area contributed by atoms with Crippen molar-refractivity contribution >= 4 is 17.3 Å². The number of aromatic nitrogens is 1. The van der Waals surface area contributed by atoms with E-state index >= 15 is 0 Å². The van der Waals surface area contributed by atoms with E-state index < -0.39 is 0 Å². The Hall–Kier alpha value is -1.10. The van der Waals surface area contributed by atoms with Crippen LogP contribution in [0.3, 0.4) is 0 Å². The second-order valence-corrected chi connectivity index (χ2v) is 6.48. The third-order valence-corrected chi connectivity index (χ3v) is 3.40. The standard InChI is InChI=1S/C12H22N4S/c1-7-10(17-9(3)14-7)8(2)15-11(13)16-12(4,5)6/h8H,1-6H3,(H3,13,15,16). The first-order valence-corrected chi connectivity index (χ1v) is 6.56. The Morgan fingerprint density at radius 3 is 2.41 bits per heavy atom. The predicted molar refractivity (Wildman–Crippen MR) is 74.5 cm³/mol. The summed E-state index contributed by atoms with van der Waals surface area (Å²) in [5.41, 5.74) is 6.86. The molecule has 0 amide bonds. The fraction of sp³-hybridized carbons (Fsp3) is 0.667. The highest BCUT2D eigenvalue weighted by molar-refractivity contribution is 7.11. The molecule has 0 aromatic carbocycles. The second-order valence-electron chi connectivity index (χ2n) is 5.25. The van der Waals surface area contributed by atoms with Gasteiger partial charge in [0.05, 0.1) is 21.6 Å². The lowest BCUT2D eigenvalue weighted by Crippen LogP contribution is -2.45. The van der Waals surface area contributed by atoms with Crippen LogP contribution in [0.15, 0.2) is 4.99 Å². The highest BCUT2D eigenvalue weighted by atomic mass is 32.1. The molecule has 0 spiro atoms. The highest BCUT2D eigenvalue weighted by Crippen LogP contribution is 2.26. The van der Waals surface area contributed by atoms with Crippen molar-refractivity contribution in [1.82, 2.24) is 10.3 Å². The number of hydrogen-bond acceptors (Lipinski definition) is 3. The SMILES string of the molecule is Cc1nc(C)c(C(C)N=C(N)NC(C)(C)C)s1. The zero-order valence-corrected chi connectivity index (χ0v) is 12.3. The Balaban J connectivity index is 2.81. The van der Waals surface area contributed by atoms with E-state index in [1.54, 1.807) is 11.3 Å². The molecule has 3 N–H and O–H groups in total. The molecular weight excluding hydrogens is 232 g/mol. The van der Waals surface area contributed by atoms with Gasteiger partial charge in [-0.25, -0.2) is 9.98 Å². The zero-order valence-electron chi connectivity index (χ0n) is 11.5. The van der Waals surface area contributed by atoms with Gasteiger partial charge in [0.1, 0.15) is 0 Å². The van der Waals surface area contributed by atoms with Crippen molar-refractivity contribution in [3.63, 3.8) is 0 Å². The van der Waals surface area contributed by atoms with E-state index in [9.17, 15) is 0 Å². The number of nitrogens with zero attached hydrogens (tertiary/aromatic N) is 2. The Morgan fingerprint density at radius 2 is 2.00 bits per heavy atom. The van der Waals surface area contributed by atoms with E-state index in [0.717, 1.165) is 10.7 Å². The van der Waals surface area contributed by atoms with Crippen LogP contribution in [0.2, 0.25) is 0 Å². The van der Waals surface area contributed by atoms with Gasteiger partial charge in [-0.2, -0.15) is 0 Å². The molecule has 0 aliphatic rings. The maximum absolute atomic E-state index is 5.88. The van der Waals surface area contributed by atoms with Crippen LogP contribution in [0.4, 0.5) is 0 Å². The molecule has 5 heteroatoms. The van der Waals surface area contributed by atoms with Crippen molar-refractivity contribution in [3.8, 4) is 0 Å². The van der Waals surface area contributed by atoms with E-state index in [1.165, 1.54) is 4.88 Å². The monoisotopic (exact) mass is 254 g/mol.